The zero-order valence-corrected chi connectivity index (χ0v) is 12.8. The average Bonchev–Trinajstić information content (AvgIpc) is 2.72. The van der Waals surface area contributed by atoms with Gasteiger partial charge >= 0.3 is 17.8 Å². The maximum absolute atomic E-state index is 13.5. The van der Waals surface area contributed by atoms with E-state index in [-0.39, 0.29) is 12.2 Å². The highest BCUT2D eigenvalue weighted by molar-refractivity contribution is 6.45. The third-order valence-corrected chi connectivity index (χ3v) is 3.38. The van der Waals surface area contributed by atoms with Crippen molar-refractivity contribution in [2.75, 3.05) is 18.4 Å². The van der Waals surface area contributed by atoms with Crippen molar-refractivity contribution in [2.24, 2.45) is 0 Å². The standard InChI is InChI=1S/C15H15F2N3O4/c1-2-3-6-19-13(22)14(23)20(15(19)24)8-12(21)18-11-5-4-9(16)7-10(11)17/h4-5,7H,2-3,6,8H2,1H3,(H,18,21). The summed E-state index contributed by atoms with van der Waals surface area (Å²) in [7, 11) is 0. The summed E-state index contributed by atoms with van der Waals surface area (Å²) in [5, 5.41) is 2.12. The number of nitrogens with one attached hydrogen (secondary N) is 1. The molecule has 0 aliphatic carbocycles. The predicted octanol–water partition coefficient (Wildman–Crippen LogP) is 1.49. The van der Waals surface area contributed by atoms with Crippen LogP contribution in [-0.4, -0.2) is 46.6 Å². The number of urea groups is 1. The van der Waals surface area contributed by atoms with Gasteiger partial charge in [0.15, 0.2) is 0 Å². The van der Waals surface area contributed by atoms with Crippen LogP contribution in [0.25, 0.3) is 0 Å². The van der Waals surface area contributed by atoms with E-state index in [0.29, 0.717) is 17.4 Å². The molecule has 1 aromatic rings. The summed E-state index contributed by atoms with van der Waals surface area (Å²) in [4.78, 5) is 48.7. The van der Waals surface area contributed by atoms with E-state index in [1.54, 1.807) is 0 Å². The lowest BCUT2D eigenvalue weighted by atomic mass is 10.3. The highest BCUT2D eigenvalue weighted by atomic mass is 19.1. The van der Waals surface area contributed by atoms with Gasteiger partial charge in [0, 0.05) is 12.6 Å². The zero-order valence-electron chi connectivity index (χ0n) is 12.8. The first kappa shape index (κ1) is 17.5. The van der Waals surface area contributed by atoms with E-state index in [4.69, 9.17) is 0 Å². The maximum atomic E-state index is 13.5. The van der Waals surface area contributed by atoms with Gasteiger partial charge in [-0.2, -0.15) is 0 Å². The molecule has 1 heterocycles. The molecule has 0 bridgehead atoms. The van der Waals surface area contributed by atoms with Crippen LogP contribution in [0.2, 0.25) is 0 Å². The van der Waals surface area contributed by atoms with Gasteiger partial charge in [-0.05, 0) is 18.6 Å². The minimum atomic E-state index is -1.11. The van der Waals surface area contributed by atoms with Gasteiger partial charge in [-0.15, -0.1) is 0 Å². The Bertz CT molecular complexity index is 708. The van der Waals surface area contributed by atoms with Gasteiger partial charge in [0.05, 0.1) is 5.69 Å². The van der Waals surface area contributed by atoms with Crippen LogP contribution in [0.1, 0.15) is 19.8 Å². The van der Waals surface area contributed by atoms with Crippen molar-refractivity contribution in [1.82, 2.24) is 9.80 Å². The minimum Gasteiger partial charge on any atom is -0.322 e. The number of unbranched alkanes of at least 4 members (excludes halogenated alkanes) is 1. The highest BCUT2D eigenvalue weighted by Crippen LogP contribution is 2.16. The fourth-order valence-corrected chi connectivity index (χ4v) is 2.13. The molecule has 0 atom stereocenters. The molecule has 9 heteroatoms. The number of anilines is 1. The Balaban J connectivity index is 2.04. The summed E-state index contributed by atoms with van der Waals surface area (Å²) in [5.74, 6) is -4.79. The van der Waals surface area contributed by atoms with Gasteiger partial charge in [-0.1, -0.05) is 13.3 Å². The van der Waals surface area contributed by atoms with Gasteiger partial charge in [-0.25, -0.2) is 18.5 Å². The zero-order chi connectivity index (χ0) is 17.9. The highest BCUT2D eigenvalue weighted by Gasteiger charge is 2.44. The van der Waals surface area contributed by atoms with Crippen molar-refractivity contribution < 1.29 is 28.0 Å². The molecule has 1 saturated heterocycles. The Labute approximate surface area is 136 Å². The fraction of sp³-hybridized carbons (Fsp3) is 0.333. The molecule has 2 rings (SSSR count). The van der Waals surface area contributed by atoms with E-state index in [2.05, 4.69) is 5.32 Å². The Kier molecular flexibility index (Phi) is 5.22. The molecule has 0 unspecified atom stereocenters. The third kappa shape index (κ3) is 3.55. The molecule has 0 radical (unpaired) electrons. The Hall–Kier alpha value is -2.84. The second kappa shape index (κ2) is 7.16. The molecule has 1 aliphatic rings. The van der Waals surface area contributed by atoms with Gasteiger partial charge < -0.3 is 5.32 Å². The topological polar surface area (TPSA) is 86.8 Å². The van der Waals surface area contributed by atoms with Crippen molar-refractivity contribution in [3.8, 4) is 0 Å². The number of hydrogen-bond acceptors (Lipinski definition) is 4. The van der Waals surface area contributed by atoms with Crippen molar-refractivity contribution in [2.45, 2.75) is 19.8 Å². The summed E-state index contributed by atoms with van der Waals surface area (Å²) in [6.45, 7) is 1.21. The summed E-state index contributed by atoms with van der Waals surface area (Å²) >= 11 is 0. The van der Waals surface area contributed by atoms with Crippen molar-refractivity contribution in [3.05, 3.63) is 29.8 Å². The summed E-state index contributed by atoms with van der Waals surface area (Å²) in [5.41, 5.74) is -0.297. The van der Waals surface area contributed by atoms with Gasteiger partial charge in [0.2, 0.25) is 5.91 Å². The normalized spacial score (nSPS) is 14.5. The van der Waals surface area contributed by atoms with E-state index >= 15 is 0 Å². The first-order valence-corrected chi connectivity index (χ1v) is 7.27. The SMILES string of the molecule is CCCCN1C(=O)C(=O)N(CC(=O)Nc2ccc(F)cc2F)C1=O. The Morgan fingerprint density at radius 3 is 2.42 bits per heavy atom. The summed E-state index contributed by atoms with van der Waals surface area (Å²) < 4.78 is 26.3. The molecule has 1 aromatic carbocycles. The first-order chi connectivity index (χ1) is 11.3. The molecule has 0 saturated carbocycles. The molecule has 1 N–H and O–H groups in total. The van der Waals surface area contributed by atoms with E-state index < -0.39 is 41.9 Å². The molecule has 7 nitrogen and oxygen atoms in total. The monoisotopic (exact) mass is 339 g/mol. The van der Waals surface area contributed by atoms with E-state index in [1.807, 2.05) is 6.92 Å². The lowest BCUT2D eigenvalue weighted by molar-refractivity contribution is -0.143. The van der Waals surface area contributed by atoms with Crippen molar-refractivity contribution in [1.29, 1.82) is 0 Å². The van der Waals surface area contributed by atoms with Crippen LogP contribution in [-0.2, 0) is 14.4 Å². The van der Waals surface area contributed by atoms with Gasteiger partial charge in [0.1, 0.15) is 18.2 Å². The minimum absolute atomic E-state index is 0.0879. The van der Waals surface area contributed by atoms with Gasteiger partial charge in [-0.3, -0.25) is 19.3 Å². The quantitative estimate of drug-likeness (QED) is 0.628. The molecule has 128 valence electrons. The lowest BCUT2D eigenvalue weighted by Crippen LogP contribution is -2.39. The van der Waals surface area contributed by atoms with Crippen LogP contribution in [0.4, 0.5) is 19.3 Å². The molecule has 1 fully saturated rings. The third-order valence-electron chi connectivity index (χ3n) is 3.38. The molecular weight excluding hydrogens is 324 g/mol. The van der Waals surface area contributed by atoms with Crippen LogP contribution in [0.3, 0.4) is 0 Å². The number of carbonyl (C=O) groups is 4. The summed E-state index contributed by atoms with van der Waals surface area (Å²) in [6, 6.07) is 1.65. The van der Waals surface area contributed by atoms with Crippen LogP contribution >= 0.6 is 0 Å². The number of halogens is 2. The number of benzene rings is 1. The van der Waals surface area contributed by atoms with Crippen LogP contribution in [0.5, 0.6) is 0 Å². The number of nitrogens with zero attached hydrogens (tertiary/aromatic N) is 2. The Morgan fingerprint density at radius 2 is 1.79 bits per heavy atom. The molecule has 1 aliphatic heterocycles. The molecule has 0 spiro atoms. The number of amides is 5. The number of hydrogen-bond donors (Lipinski definition) is 1. The largest absolute Gasteiger partial charge is 0.334 e. The number of imide groups is 2. The average molecular weight is 339 g/mol. The molecule has 24 heavy (non-hydrogen) atoms. The van der Waals surface area contributed by atoms with Gasteiger partial charge in [0.25, 0.3) is 0 Å². The molecule has 5 amide bonds. The first-order valence-electron chi connectivity index (χ1n) is 7.27. The van der Waals surface area contributed by atoms with Crippen LogP contribution in [0, 0.1) is 11.6 Å². The van der Waals surface area contributed by atoms with Crippen molar-refractivity contribution in [3.63, 3.8) is 0 Å². The summed E-state index contributed by atoms with van der Waals surface area (Å²) in [6.07, 6.45) is 1.25. The van der Waals surface area contributed by atoms with E-state index in [0.717, 1.165) is 23.5 Å². The smallest absolute Gasteiger partial charge is 0.322 e. The lowest BCUT2D eigenvalue weighted by Gasteiger charge is -2.15. The molecule has 0 aromatic heterocycles. The Morgan fingerprint density at radius 1 is 1.12 bits per heavy atom. The van der Waals surface area contributed by atoms with Crippen LogP contribution in [0.15, 0.2) is 18.2 Å². The predicted molar refractivity (Wildman–Crippen MR) is 78.7 cm³/mol. The number of rotatable bonds is 6. The second-order valence-electron chi connectivity index (χ2n) is 5.16. The maximum Gasteiger partial charge on any atom is 0.334 e. The number of carbonyl (C=O) groups excluding carboxylic acids is 4. The van der Waals surface area contributed by atoms with E-state index in [1.165, 1.54) is 0 Å². The molecular formula is C15H15F2N3O4. The van der Waals surface area contributed by atoms with Crippen LogP contribution < -0.4 is 5.32 Å². The van der Waals surface area contributed by atoms with Crippen molar-refractivity contribution >= 4 is 29.4 Å². The fourth-order valence-electron chi connectivity index (χ4n) is 2.13. The second-order valence-corrected chi connectivity index (χ2v) is 5.16. The van der Waals surface area contributed by atoms with E-state index in [9.17, 15) is 28.0 Å².